The van der Waals surface area contributed by atoms with Gasteiger partial charge in [-0.15, -0.1) is 0 Å². The first-order valence-corrected chi connectivity index (χ1v) is 13.1. The summed E-state index contributed by atoms with van der Waals surface area (Å²) in [5, 5.41) is 18.5. The van der Waals surface area contributed by atoms with Crippen LogP contribution in [0.25, 0.3) is 0 Å². The van der Waals surface area contributed by atoms with E-state index in [1.165, 1.54) is 57.8 Å². The van der Waals surface area contributed by atoms with Crippen molar-refractivity contribution in [3.63, 3.8) is 0 Å². The van der Waals surface area contributed by atoms with Gasteiger partial charge in [-0.25, -0.2) is 0 Å². The largest absolute Gasteiger partial charge is 0.481 e. The van der Waals surface area contributed by atoms with Gasteiger partial charge in [0.25, 0.3) is 0 Å². The van der Waals surface area contributed by atoms with Crippen LogP contribution in [-0.4, -0.2) is 22.2 Å². The van der Waals surface area contributed by atoms with Crippen LogP contribution in [0.2, 0.25) is 0 Å². The number of carbonyl (C=O) groups is 2. The molecule has 0 bridgehead atoms. The molecule has 0 aromatic rings. The predicted molar refractivity (Wildman–Crippen MR) is 124 cm³/mol. The fraction of sp³-hybridized carbons (Fsp3) is 0.926. The molecule has 178 valence electrons. The van der Waals surface area contributed by atoms with Gasteiger partial charge < -0.3 is 10.2 Å². The second-order valence-electron chi connectivity index (χ2n) is 11.7. The van der Waals surface area contributed by atoms with Crippen molar-refractivity contribution >= 4 is 11.9 Å². The summed E-state index contributed by atoms with van der Waals surface area (Å²) in [5.74, 6) is -0.695. The van der Waals surface area contributed by atoms with Gasteiger partial charge in [-0.1, -0.05) is 47.5 Å². The molecule has 4 heteroatoms. The van der Waals surface area contributed by atoms with E-state index >= 15 is 0 Å². The van der Waals surface area contributed by atoms with Crippen LogP contribution in [0.15, 0.2) is 0 Å². The van der Waals surface area contributed by atoms with Crippen molar-refractivity contribution in [1.29, 1.82) is 0 Å². The summed E-state index contributed by atoms with van der Waals surface area (Å²) in [5.41, 5.74) is 1.29. The first-order valence-electron chi connectivity index (χ1n) is 13.1. The summed E-state index contributed by atoms with van der Waals surface area (Å²) in [6.07, 6.45) is 14.4. The Morgan fingerprint density at radius 3 is 2.13 bits per heavy atom. The first kappa shape index (κ1) is 24.6. The third-order valence-corrected chi connectivity index (χ3v) is 10.9. The Balaban J connectivity index is 0.00000132. The number of fused-ring (bicyclic) bond motifs is 5. The van der Waals surface area contributed by atoms with Gasteiger partial charge in [0.1, 0.15) is 0 Å². The molecule has 4 aliphatic carbocycles. The average molecular weight is 435 g/mol. The van der Waals surface area contributed by atoms with Gasteiger partial charge >= 0.3 is 11.9 Å². The van der Waals surface area contributed by atoms with Crippen LogP contribution in [0.4, 0.5) is 0 Å². The first-order chi connectivity index (χ1) is 14.6. The molecule has 7 unspecified atom stereocenters. The van der Waals surface area contributed by atoms with Gasteiger partial charge in [-0.3, -0.25) is 9.59 Å². The van der Waals surface area contributed by atoms with Gasteiger partial charge in [0.2, 0.25) is 0 Å². The Bertz CT molecular complexity index is 660. The molecule has 4 saturated carbocycles. The third-order valence-electron chi connectivity index (χ3n) is 10.9. The van der Waals surface area contributed by atoms with Crippen molar-refractivity contribution in [1.82, 2.24) is 0 Å². The molecule has 0 spiro atoms. The van der Waals surface area contributed by atoms with Crippen molar-refractivity contribution in [3.8, 4) is 0 Å². The Hall–Kier alpha value is -1.06. The molecule has 0 aromatic heterocycles. The summed E-state index contributed by atoms with van der Waals surface area (Å²) < 4.78 is 0. The van der Waals surface area contributed by atoms with E-state index in [1.807, 2.05) is 13.8 Å². The van der Waals surface area contributed by atoms with E-state index in [9.17, 15) is 19.8 Å². The summed E-state index contributed by atoms with van der Waals surface area (Å²) in [6.45, 7) is 11.6. The van der Waals surface area contributed by atoms with Crippen molar-refractivity contribution in [2.45, 2.75) is 112 Å². The Kier molecular flexibility index (Phi) is 7.18. The van der Waals surface area contributed by atoms with Gasteiger partial charge in [0.05, 0.1) is 0 Å². The lowest BCUT2D eigenvalue weighted by Gasteiger charge is -2.64. The van der Waals surface area contributed by atoms with Crippen LogP contribution in [0.5, 0.6) is 0 Å². The Morgan fingerprint density at radius 2 is 1.48 bits per heavy atom. The molecule has 4 nitrogen and oxygen atoms in total. The highest BCUT2D eigenvalue weighted by atomic mass is 16.4. The van der Waals surface area contributed by atoms with E-state index in [4.69, 9.17) is 0 Å². The number of hydrogen-bond acceptors (Lipinski definition) is 2. The molecule has 2 N–H and O–H groups in total. The zero-order chi connectivity index (χ0) is 23.0. The number of hydrogen-bond donors (Lipinski definition) is 2. The fourth-order valence-corrected chi connectivity index (χ4v) is 8.91. The topological polar surface area (TPSA) is 74.6 Å². The van der Waals surface area contributed by atoms with E-state index in [-0.39, 0.29) is 11.8 Å². The van der Waals surface area contributed by atoms with E-state index in [0.717, 1.165) is 30.6 Å². The summed E-state index contributed by atoms with van der Waals surface area (Å²) in [7, 11) is 0. The minimum atomic E-state index is -1.24. The summed E-state index contributed by atoms with van der Waals surface area (Å²) >= 11 is 0. The zero-order valence-corrected chi connectivity index (χ0v) is 20.6. The number of carboxylic acid groups (broad SMARTS) is 2. The van der Waals surface area contributed by atoms with E-state index in [0.29, 0.717) is 16.7 Å². The van der Waals surface area contributed by atoms with Crippen LogP contribution < -0.4 is 0 Å². The molecular formula is C27H46O4. The highest BCUT2D eigenvalue weighted by molar-refractivity contribution is 5.92. The molecule has 4 aliphatic rings. The van der Waals surface area contributed by atoms with Crippen LogP contribution in [0.1, 0.15) is 112 Å². The van der Waals surface area contributed by atoms with E-state index < -0.39 is 17.9 Å². The van der Waals surface area contributed by atoms with Crippen LogP contribution in [0.3, 0.4) is 0 Å². The van der Waals surface area contributed by atoms with Crippen LogP contribution in [-0.2, 0) is 9.59 Å². The number of carboxylic acids is 2. The fourth-order valence-electron chi connectivity index (χ4n) is 8.91. The molecule has 0 radical (unpaired) electrons. The Labute approximate surface area is 189 Å². The van der Waals surface area contributed by atoms with Gasteiger partial charge in [0.15, 0.2) is 5.92 Å². The van der Waals surface area contributed by atoms with E-state index in [1.54, 1.807) is 0 Å². The molecular weight excluding hydrogens is 388 g/mol. The second kappa shape index (κ2) is 9.06. The van der Waals surface area contributed by atoms with Crippen molar-refractivity contribution in [2.24, 2.45) is 45.8 Å². The van der Waals surface area contributed by atoms with Crippen LogP contribution >= 0.6 is 0 Å². The molecule has 4 rings (SSSR count). The molecule has 0 amide bonds. The van der Waals surface area contributed by atoms with Gasteiger partial charge in [-0.05, 0) is 104 Å². The summed E-state index contributed by atoms with van der Waals surface area (Å²) in [4.78, 5) is 22.6. The van der Waals surface area contributed by atoms with Crippen molar-refractivity contribution < 1.29 is 19.8 Å². The third kappa shape index (κ3) is 3.95. The lowest BCUT2D eigenvalue weighted by Crippen LogP contribution is -2.56. The minimum absolute atomic E-state index is 0.279. The number of rotatable bonds is 5. The normalized spacial score (nSPS) is 43.8. The predicted octanol–water partition coefficient (Wildman–Crippen LogP) is 7.02. The van der Waals surface area contributed by atoms with E-state index in [2.05, 4.69) is 20.8 Å². The zero-order valence-electron chi connectivity index (χ0n) is 20.6. The van der Waals surface area contributed by atoms with Gasteiger partial charge in [-0.2, -0.15) is 0 Å². The lowest BCUT2D eigenvalue weighted by atomic mass is 9.40. The molecule has 31 heavy (non-hydrogen) atoms. The molecule has 0 saturated heterocycles. The molecule has 0 aliphatic heterocycles. The maximum absolute atomic E-state index is 11.3. The van der Waals surface area contributed by atoms with Gasteiger partial charge in [0, 0.05) is 0 Å². The average Bonchev–Trinajstić information content (AvgIpc) is 3.06. The molecule has 7 atom stereocenters. The highest BCUT2D eigenvalue weighted by Crippen LogP contribution is 2.70. The lowest BCUT2D eigenvalue weighted by molar-refractivity contribution is -0.156. The Morgan fingerprint density at radius 1 is 0.839 bits per heavy atom. The monoisotopic (exact) mass is 434 g/mol. The minimum Gasteiger partial charge on any atom is -0.481 e. The quantitative estimate of drug-likeness (QED) is 0.456. The smallest absolute Gasteiger partial charge is 0.317 e. The maximum atomic E-state index is 11.3. The number of aliphatic carboxylic acids is 2. The summed E-state index contributed by atoms with van der Waals surface area (Å²) in [6, 6.07) is 0. The molecule has 4 fully saturated rings. The van der Waals surface area contributed by atoms with Crippen LogP contribution in [0, 0.1) is 45.8 Å². The maximum Gasteiger partial charge on any atom is 0.317 e. The highest BCUT2D eigenvalue weighted by Gasteiger charge is 2.62. The SMILES string of the molecule is CC.CC12CCC3C(CCC4(C)CCCCC34C)C1CCC2CCC(C(=O)O)C(=O)O. The standard InChI is InChI=1S/C25H40O4.C2H6/c1-23-12-4-5-13-25(23,3)20-11-15-24(2)16(6-8-18(21(26)27)22(28)29)7-9-19(24)17(20)10-14-23;1-2/h16-20H,4-15H2,1-3H3,(H,26,27)(H,28,29);1-2H3. The van der Waals surface area contributed by atoms with Crippen molar-refractivity contribution in [3.05, 3.63) is 0 Å². The molecule has 0 aromatic carbocycles. The van der Waals surface area contributed by atoms with Crippen molar-refractivity contribution in [2.75, 3.05) is 0 Å². The second-order valence-corrected chi connectivity index (χ2v) is 11.7. The molecule has 0 heterocycles.